The van der Waals surface area contributed by atoms with E-state index in [1.165, 1.54) is 6.08 Å². The van der Waals surface area contributed by atoms with Gasteiger partial charge in [0.25, 0.3) is 0 Å². The van der Waals surface area contributed by atoms with E-state index in [1.54, 1.807) is 0 Å². The number of ether oxygens (including phenoxy) is 2. The molecule has 0 unspecified atom stereocenters. The first kappa shape index (κ1) is 13.3. The second kappa shape index (κ2) is 6.73. The fraction of sp³-hybridized carbons (Fsp3) is 0.571. The average Bonchev–Trinajstić information content (AvgIpc) is 2.00. The maximum absolute atomic E-state index is 10.7. The lowest BCUT2D eigenvalue weighted by Crippen LogP contribution is -2.14. The van der Waals surface area contributed by atoms with Crippen molar-refractivity contribution < 1.29 is 28.6 Å². The summed E-state index contributed by atoms with van der Waals surface area (Å²) in [5.74, 6) is -0.930. The highest BCUT2D eigenvalue weighted by Crippen LogP contribution is 2.33. The molecule has 0 atom stereocenters. The first-order chi connectivity index (χ1) is 6.45. The van der Waals surface area contributed by atoms with Crippen LogP contribution in [0.5, 0.6) is 0 Å². The molecule has 82 valence electrons. The lowest BCUT2D eigenvalue weighted by atomic mass is 10.7. The van der Waals surface area contributed by atoms with Gasteiger partial charge in [-0.3, -0.25) is 9.36 Å². The zero-order chi connectivity index (χ0) is 11.0. The van der Waals surface area contributed by atoms with Crippen molar-refractivity contribution in [1.82, 2.24) is 0 Å². The molecular weight excluding hydrogens is 211 g/mol. The van der Waals surface area contributed by atoms with Crippen LogP contribution in [0.25, 0.3) is 0 Å². The Kier molecular flexibility index (Phi) is 6.40. The van der Waals surface area contributed by atoms with Gasteiger partial charge in [0.15, 0.2) is 0 Å². The van der Waals surface area contributed by atoms with E-state index in [9.17, 15) is 9.36 Å². The summed E-state index contributed by atoms with van der Waals surface area (Å²) in [4.78, 5) is 27.5. The van der Waals surface area contributed by atoms with Crippen LogP contribution in [-0.2, 0) is 18.8 Å². The highest BCUT2D eigenvalue weighted by Gasteiger charge is 2.19. The summed E-state index contributed by atoms with van der Waals surface area (Å²) >= 11 is 0. The van der Waals surface area contributed by atoms with Crippen molar-refractivity contribution >= 4 is 13.6 Å². The summed E-state index contributed by atoms with van der Waals surface area (Å²) in [5, 5.41) is 0. The third kappa shape index (κ3) is 9.41. The molecule has 0 aliphatic rings. The summed E-state index contributed by atoms with van der Waals surface area (Å²) in [6.07, 6.45) is 0.645. The summed E-state index contributed by atoms with van der Waals surface area (Å²) in [7, 11) is -4.31. The van der Waals surface area contributed by atoms with Crippen molar-refractivity contribution in [3.05, 3.63) is 12.7 Å². The Morgan fingerprint density at radius 2 is 2.07 bits per heavy atom. The Labute approximate surface area is 81.7 Å². The summed E-state index contributed by atoms with van der Waals surface area (Å²) in [6, 6.07) is 0. The zero-order valence-electron chi connectivity index (χ0n) is 7.59. The fourth-order valence-corrected chi connectivity index (χ4v) is 1.02. The second-order valence-corrected chi connectivity index (χ2v) is 4.05. The summed E-state index contributed by atoms with van der Waals surface area (Å²) in [5.41, 5.74) is 0. The van der Waals surface area contributed by atoms with Crippen molar-refractivity contribution in [2.75, 3.05) is 26.0 Å². The van der Waals surface area contributed by atoms with Crippen molar-refractivity contribution in [2.45, 2.75) is 0 Å². The topological polar surface area (TPSA) is 93.1 Å². The molecule has 0 aromatic carbocycles. The van der Waals surface area contributed by atoms with Gasteiger partial charge in [0.05, 0.1) is 13.2 Å². The van der Waals surface area contributed by atoms with Gasteiger partial charge >= 0.3 is 13.6 Å². The van der Waals surface area contributed by atoms with Crippen molar-refractivity contribution in [3.63, 3.8) is 0 Å². The standard InChI is InChI=1S/C7H13O6P/c1-2-3-12-4-5-13-7(8)6-14(9,10)11/h2H,1,3-6H2,(H2,9,10,11). The lowest BCUT2D eigenvalue weighted by molar-refractivity contribution is -0.142. The van der Waals surface area contributed by atoms with E-state index in [1.807, 2.05) is 0 Å². The third-order valence-corrected chi connectivity index (χ3v) is 1.73. The van der Waals surface area contributed by atoms with Crippen LogP contribution in [0.4, 0.5) is 0 Å². The molecule has 0 bridgehead atoms. The van der Waals surface area contributed by atoms with Crippen LogP contribution >= 0.6 is 7.60 Å². The van der Waals surface area contributed by atoms with E-state index >= 15 is 0 Å². The molecule has 0 heterocycles. The van der Waals surface area contributed by atoms with E-state index in [4.69, 9.17) is 14.5 Å². The number of rotatable bonds is 7. The average molecular weight is 224 g/mol. The minimum atomic E-state index is -4.31. The van der Waals surface area contributed by atoms with Crippen LogP contribution in [0.2, 0.25) is 0 Å². The summed E-state index contributed by atoms with van der Waals surface area (Å²) < 4.78 is 19.7. The van der Waals surface area contributed by atoms with Gasteiger partial charge in [0.2, 0.25) is 0 Å². The second-order valence-electron chi connectivity index (χ2n) is 2.41. The van der Waals surface area contributed by atoms with E-state index in [-0.39, 0.29) is 13.2 Å². The van der Waals surface area contributed by atoms with E-state index < -0.39 is 19.7 Å². The number of hydrogen-bond acceptors (Lipinski definition) is 4. The molecule has 0 aromatic heterocycles. The quantitative estimate of drug-likeness (QED) is 0.271. The lowest BCUT2D eigenvalue weighted by Gasteiger charge is -2.05. The molecule has 14 heavy (non-hydrogen) atoms. The van der Waals surface area contributed by atoms with Crippen LogP contribution < -0.4 is 0 Å². The molecule has 0 fully saturated rings. The Morgan fingerprint density at radius 1 is 1.43 bits per heavy atom. The Bertz CT molecular complexity index is 232. The van der Waals surface area contributed by atoms with Gasteiger partial charge in [-0.15, -0.1) is 6.58 Å². The number of carbonyl (C=O) groups is 1. The predicted molar refractivity (Wildman–Crippen MR) is 48.9 cm³/mol. The SMILES string of the molecule is C=CCOCCOC(=O)CP(=O)(O)O. The molecule has 0 aromatic rings. The predicted octanol–water partition coefficient (Wildman–Crippen LogP) is -0.0901. The van der Waals surface area contributed by atoms with Gasteiger partial charge in [-0.05, 0) is 0 Å². The molecule has 0 amide bonds. The molecule has 0 rings (SSSR count). The largest absolute Gasteiger partial charge is 0.463 e. The molecule has 2 N–H and O–H groups in total. The van der Waals surface area contributed by atoms with Crippen LogP contribution in [0, 0.1) is 0 Å². The first-order valence-corrected chi connectivity index (χ1v) is 5.64. The normalized spacial score (nSPS) is 11.0. The van der Waals surface area contributed by atoms with E-state index in [2.05, 4.69) is 11.3 Å². The number of hydrogen-bond donors (Lipinski definition) is 2. The van der Waals surface area contributed by atoms with Crippen LogP contribution in [-0.4, -0.2) is 41.7 Å². The first-order valence-electron chi connectivity index (χ1n) is 3.84. The Morgan fingerprint density at radius 3 is 2.57 bits per heavy atom. The molecule has 0 saturated heterocycles. The fourth-order valence-electron chi connectivity index (χ4n) is 0.595. The molecule has 0 saturated carbocycles. The monoisotopic (exact) mass is 224 g/mol. The zero-order valence-corrected chi connectivity index (χ0v) is 8.48. The van der Waals surface area contributed by atoms with E-state index in [0.717, 1.165) is 0 Å². The number of esters is 1. The van der Waals surface area contributed by atoms with Gasteiger partial charge in [0.1, 0.15) is 12.8 Å². The maximum atomic E-state index is 10.7. The van der Waals surface area contributed by atoms with Crippen LogP contribution in [0.15, 0.2) is 12.7 Å². The Balaban J connectivity index is 3.45. The minimum absolute atomic E-state index is 0.0212. The molecule has 6 nitrogen and oxygen atoms in total. The number of carbonyl (C=O) groups excluding carboxylic acids is 1. The molecule has 0 aliphatic heterocycles. The summed E-state index contributed by atoms with van der Waals surface area (Å²) in [6.45, 7) is 3.91. The van der Waals surface area contributed by atoms with Gasteiger partial charge < -0.3 is 19.3 Å². The molecule has 0 radical (unpaired) electrons. The van der Waals surface area contributed by atoms with Crippen molar-refractivity contribution in [3.8, 4) is 0 Å². The third-order valence-electron chi connectivity index (χ3n) is 1.06. The Hall–Kier alpha value is -0.680. The molecule has 0 aliphatic carbocycles. The van der Waals surface area contributed by atoms with E-state index in [0.29, 0.717) is 6.61 Å². The smallest absolute Gasteiger partial charge is 0.336 e. The van der Waals surface area contributed by atoms with Crippen LogP contribution in [0.1, 0.15) is 0 Å². The van der Waals surface area contributed by atoms with Gasteiger partial charge in [-0.1, -0.05) is 6.08 Å². The maximum Gasteiger partial charge on any atom is 0.336 e. The molecular formula is C7H13O6P. The van der Waals surface area contributed by atoms with Crippen molar-refractivity contribution in [1.29, 1.82) is 0 Å². The van der Waals surface area contributed by atoms with Crippen LogP contribution in [0.3, 0.4) is 0 Å². The molecule has 7 heteroatoms. The van der Waals surface area contributed by atoms with Crippen molar-refractivity contribution in [2.24, 2.45) is 0 Å². The molecule has 0 spiro atoms. The highest BCUT2D eigenvalue weighted by molar-refractivity contribution is 7.52. The highest BCUT2D eigenvalue weighted by atomic mass is 31.2. The van der Waals surface area contributed by atoms with Gasteiger partial charge in [-0.25, -0.2) is 0 Å². The van der Waals surface area contributed by atoms with Gasteiger partial charge in [0, 0.05) is 0 Å². The van der Waals surface area contributed by atoms with Gasteiger partial charge in [-0.2, -0.15) is 0 Å². The minimum Gasteiger partial charge on any atom is -0.463 e.